The van der Waals surface area contributed by atoms with Crippen LogP contribution in [0, 0.1) is 20.9 Å². The minimum absolute atomic E-state index is 0.0404. The van der Waals surface area contributed by atoms with Crippen molar-refractivity contribution in [2.45, 2.75) is 52.5 Å². The lowest BCUT2D eigenvalue weighted by Crippen LogP contribution is -2.46. The standard InChI is InChI=1S/C15H26N4O4/c1-4-23-14(20)15(2,3)10-18(11-7-5-6-8-11)13(17)12(9-16)19(21)22/h9,11,16H,4-8,10,17H2,1-3H3/b13-12-,16-9?. The molecule has 1 fully saturated rings. The van der Waals surface area contributed by atoms with Crippen LogP contribution in [0.15, 0.2) is 11.5 Å². The van der Waals surface area contributed by atoms with Crippen LogP contribution in [-0.2, 0) is 9.53 Å². The summed E-state index contributed by atoms with van der Waals surface area (Å²) in [5, 5.41) is 18.3. The van der Waals surface area contributed by atoms with Gasteiger partial charge >= 0.3 is 11.7 Å². The van der Waals surface area contributed by atoms with Crippen molar-refractivity contribution >= 4 is 12.2 Å². The van der Waals surface area contributed by atoms with E-state index in [2.05, 4.69) is 0 Å². The van der Waals surface area contributed by atoms with Crippen LogP contribution in [0.4, 0.5) is 0 Å². The second-order valence-corrected chi connectivity index (χ2v) is 6.34. The van der Waals surface area contributed by atoms with Crippen molar-refractivity contribution in [3.63, 3.8) is 0 Å². The molecule has 1 saturated carbocycles. The molecule has 0 amide bonds. The van der Waals surface area contributed by atoms with Gasteiger partial charge in [-0.2, -0.15) is 0 Å². The second-order valence-electron chi connectivity index (χ2n) is 6.34. The Kier molecular flexibility index (Phi) is 6.53. The summed E-state index contributed by atoms with van der Waals surface area (Å²) in [6.45, 7) is 5.69. The predicted octanol–water partition coefficient (Wildman–Crippen LogP) is 1.87. The number of hydrogen-bond donors (Lipinski definition) is 2. The van der Waals surface area contributed by atoms with Crippen LogP contribution >= 0.6 is 0 Å². The third kappa shape index (κ3) is 4.67. The SMILES string of the molecule is CCOC(=O)C(C)(C)CN(/C(N)=C(/C=N)[N+](=O)[O-])C1CCCC1. The van der Waals surface area contributed by atoms with Crippen LogP contribution in [-0.4, -0.2) is 41.2 Å². The third-order valence-corrected chi connectivity index (χ3v) is 4.06. The molecule has 0 aliphatic heterocycles. The number of nitrogens with two attached hydrogens (primary N) is 1. The number of allylic oxidation sites excluding steroid dienone is 1. The number of carbonyl (C=O) groups excluding carboxylic acids is 1. The lowest BCUT2D eigenvalue weighted by atomic mass is 9.92. The fourth-order valence-electron chi connectivity index (χ4n) is 2.81. The fraction of sp³-hybridized carbons (Fsp3) is 0.733. The summed E-state index contributed by atoms with van der Waals surface area (Å²) in [4.78, 5) is 24.3. The Hall–Kier alpha value is -2.12. The molecule has 3 N–H and O–H groups in total. The maximum Gasteiger partial charge on any atom is 0.326 e. The van der Waals surface area contributed by atoms with E-state index in [-0.39, 0.29) is 31.0 Å². The van der Waals surface area contributed by atoms with Crippen molar-refractivity contribution in [3.8, 4) is 0 Å². The first-order chi connectivity index (χ1) is 10.7. The molecule has 1 rings (SSSR count). The zero-order chi connectivity index (χ0) is 17.6. The molecule has 23 heavy (non-hydrogen) atoms. The second kappa shape index (κ2) is 7.94. The van der Waals surface area contributed by atoms with E-state index in [4.69, 9.17) is 15.9 Å². The molecule has 1 aliphatic rings. The van der Waals surface area contributed by atoms with Crippen molar-refractivity contribution in [2.24, 2.45) is 11.1 Å². The molecule has 0 atom stereocenters. The Morgan fingerprint density at radius 2 is 2.04 bits per heavy atom. The zero-order valence-corrected chi connectivity index (χ0v) is 14.0. The fourth-order valence-corrected chi connectivity index (χ4v) is 2.81. The average molecular weight is 326 g/mol. The molecule has 0 bridgehead atoms. The largest absolute Gasteiger partial charge is 0.466 e. The van der Waals surface area contributed by atoms with Gasteiger partial charge in [0, 0.05) is 12.6 Å². The number of nitrogens with one attached hydrogen (secondary N) is 1. The molecule has 0 saturated heterocycles. The van der Waals surface area contributed by atoms with E-state index in [9.17, 15) is 14.9 Å². The third-order valence-electron chi connectivity index (χ3n) is 4.06. The van der Waals surface area contributed by atoms with Gasteiger partial charge in [-0.05, 0) is 33.6 Å². The molecule has 0 aromatic rings. The number of nitro groups is 1. The summed E-state index contributed by atoms with van der Waals surface area (Å²) < 4.78 is 5.08. The quantitative estimate of drug-likeness (QED) is 0.304. The van der Waals surface area contributed by atoms with Gasteiger partial charge in [0.2, 0.25) is 0 Å². The Morgan fingerprint density at radius 1 is 1.48 bits per heavy atom. The Bertz CT molecular complexity index is 496. The highest BCUT2D eigenvalue weighted by Crippen LogP contribution is 2.30. The highest BCUT2D eigenvalue weighted by molar-refractivity contribution is 5.76. The van der Waals surface area contributed by atoms with Gasteiger partial charge in [0.05, 0.1) is 23.2 Å². The Balaban J connectivity index is 3.13. The van der Waals surface area contributed by atoms with Gasteiger partial charge in [0.25, 0.3) is 0 Å². The number of nitrogens with zero attached hydrogens (tertiary/aromatic N) is 2. The van der Waals surface area contributed by atoms with Gasteiger partial charge in [0.1, 0.15) is 0 Å². The first-order valence-electron chi connectivity index (χ1n) is 7.83. The normalized spacial score (nSPS) is 16.7. The van der Waals surface area contributed by atoms with E-state index in [0.717, 1.165) is 25.7 Å². The van der Waals surface area contributed by atoms with Crippen LogP contribution in [0.25, 0.3) is 0 Å². The molecular formula is C15H26N4O4. The van der Waals surface area contributed by atoms with Gasteiger partial charge in [-0.15, -0.1) is 0 Å². The molecule has 130 valence electrons. The lowest BCUT2D eigenvalue weighted by molar-refractivity contribution is -0.416. The summed E-state index contributed by atoms with van der Waals surface area (Å²) in [5.74, 6) is -0.428. The molecule has 8 heteroatoms. The molecular weight excluding hydrogens is 300 g/mol. The van der Waals surface area contributed by atoms with Crippen LogP contribution in [0.2, 0.25) is 0 Å². The van der Waals surface area contributed by atoms with Gasteiger partial charge < -0.3 is 20.8 Å². The summed E-state index contributed by atoms with van der Waals surface area (Å²) in [5.41, 5.74) is 4.69. The topological polar surface area (TPSA) is 123 Å². The van der Waals surface area contributed by atoms with Gasteiger partial charge in [-0.3, -0.25) is 14.9 Å². The molecule has 0 unspecified atom stereocenters. The number of hydrogen-bond acceptors (Lipinski definition) is 7. The molecule has 8 nitrogen and oxygen atoms in total. The molecule has 0 radical (unpaired) electrons. The average Bonchev–Trinajstić information content (AvgIpc) is 2.99. The van der Waals surface area contributed by atoms with Crippen molar-refractivity contribution in [1.29, 1.82) is 5.41 Å². The molecule has 0 heterocycles. The first-order valence-corrected chi connectivity index (χ1v) is 7.83. The maximum atomic E-state index is 12.1. The minimum Gasteiger partial charge on any atom is -0.466 e. The number of esters is 1. The maximum absolute atomic E-state index is 12.1. The van der Waals surface area contributed by atoms with E-state index >= 15 is 0 Å². The van der Waals surface area contributed by atoms with Crippen LogP contribution in [0.1, 0.15) is 46.5 Å². The molecule has 0 spiro atoms. The van der Waals surface area contributed by atoms with Gasteiger partial charge in [0.15, 0.2) is 5.82 Å². The van der Waals surface area contributed by atoms with Crippen molar-refractivity contribution in [2.75, 3.05) is 13.2 Å². The van der Waals surface area contributed by atoms with Gasteiger partial charge in [-0.25, -0.2) is 0 Å². The minimum atomic E-state index is -0.854. The molecule has 0 aromatic carbocycles. The molecule has 0 aromatic heterocycles. The summed E-state index contributed by atoms with van der Waals surface area (Å²) in [6, 6.07) is 0.0404. The smallest absolute Gasteiger partial charge is 0.326 e. The van der Waals surface area contributed by atoms with Crippen molar-refractivity contribution in [1.82, 2.24) is 4.90 Å². The number of ether oxygens (including phenoxy) is 1. The lowest BCUT2D eigenvalue weighted by Gasteiger charge is -2.36. The highest BCUT2D eigenvalue weighted by Gasteiger charge is 2.37. The Morgan fingerprint density at radius 3 is 2.48 bits per heavy atom. The first kappa shape index (κ1) is 18.9. The van der Waals surface area contributed by atoms with E-state index in [1.54, 1.807) is 25.7 Å². The monoisotopic (exact) mass is 326 g/mol. The summed E-state index contributed by atoms with van der Waals surface area (Å²) >= 11 is 0. The molecule has 1 aliphatic carbocycles. The van der Waals surface area contributed by atoms with E-state index in [1.807, 2.05) is 0 Å². The summed E-state index contributed by atoms with van der Waals surface area (Å²) in [6.07, 6.45) is 4.42. The predicted molar refractivity (Wildman–Crippen MR) is 86.4 cm³/mol. The van der Waals surface area contributed by atoms with Crippen molar-refractivity contribution in [3.05, 3.63) is 21.6 Å². The van der Waals surface area contributed by atoms with Gasteiger partial charge in [-0.1, -0.05) is 12.8 Å². The number of carbonyl (C=O) groups is 1. The van der Waals surface area contributed by atoms with Crippen molar-refractivity contribution < 1.29 is 14.5 Å². The highest BCUT2D eigenvalue weighted by atomic mass is 16.6. The number of rotatable bonds is 8. The Labute approximate surface area is 136 Å². The van der Waals surface area contributed by atoms with Crippen LogP contribution in [0.5, 0.6) is 0 Å². The van der Waals surface area contributed by atoms with Crippen LogP contribution in [0.3, 0.4) is 0 Å². The van der Waals surface area contributed by atoms with Crippen LogP contribution < -0.4 is 5.73 Å². The van der Waals surface area contributed by atoms with E-state index in [0.29, 0.717) is 6.21 Å². The zero-order valence-electron chi connectivity index (χ0n) is 14.0. The van der Waals surface area contributed by atoms with E-state index < -0.39 is 16.0 Å². The van der Waals surface area contributed by atoms with E-state index in [1.165, 1.54) is 0 Å². The summed E-state index contributed by atoms with van der Waals surface area (Å²) in [7, 11) is 0.